The molecule has 0 spiro atoms. The van der Waals surface area contributed by atoms with Crippen LogP contribution in [0.4, 0.5) is 18.9 Å². The number of hydrogen-bond donors (Lipinski definition) is 0. The van der Waals surface area contributed by atoms with Gasteiger partial charge in [0, 0.05) is 17.7 Å². The van der Waals surface area contributed by atoms with Crippen LogP contribution in [0.3, 0.4) is 0 Å². The number of alkyl halides is 3. The lowest BCUT2D eigenvalue weighted by Gasteiger charge is -2.08. The van der Waals surface area contributed by atoms with Crippen LogP contribution >= 0.6 is 23.2 Å². The average Bonchev–Trinajstić information content (AvgIpc) is 2.36. The van der Waals surface area contributed by atoms with Crippen LogP contribution in [-0.4, -0.2) is 19.9 Å². The summed E-state index contributed by atoms with van der Waals surface area (Å²) in [4.78, 5) is 20.4. The van der Waals surface area contributed by atoms with E-state index in [1.165, 1.54) is 0 Å². The number of benzene rings is 1. The van der Waals surface area contributed by atoms with Crippen LogP contribution in [0, 0.1) is 10.1 Å². The Morgan fingerprint density at radius 3 is 2.10 bits per heavy atom. The molecule has 2 rings (SSSR count). The average molecular weight is 339 g/mol. The summed E-state index contributed by atoms with van der Waals surface area (Å²) in [7, 11) is 0. The van der Waals surface area contributed by atoms with Crippen LogP contribution in [0.2, 0.25) is 10.6 Å². The topological polar surface area (TPSA) is 81.8 Å². The molecule has 0 unspecified atom stereocenters. The quantitative estimate of drug-likeness (QED) is 0.614. The van der Waals surface area contributed by atoms with Gasteiger partial charge in [-0.25, -0.2) is 0 Å². The number of non-ortho nitro benzene ring substituents is 1. The lowest BCUT2D eigenvalue weighted by molar-refractivity contribution is -0.385. The second-order valence-electron chi connectivity index (χ2n) is 3.72. The predicted octanol–water partition coefficient (Wildman–Crippen LogP) is 3.77. The first-order valence-electron chi connectivity index (χ1n) is 5.11. The molecule has 1 heterocycles. The summed E-state index contributed by atoms with van der Waals surface area (Å²) in [6.07, 6.45) is -4.76. The van der Waals surface area contributed by atoms with Crippen molar-refractivity contribution in [2.45, 2.75) is 6.18 Å². The maximum Gasteiger partial charge on any atom is 0.416 e. The molecule has 0 amide bonds. The fourth-order valence-corrected chi connectivity index (χ4v) is 1.83. The van der Waals surface area contributed by atoms with Gasteiger partial charge in [-0.1, -0.05) is 0 Å². The smallest absolute Gasteiger partial charge is 0.258 e. The Balaban J connectivity index is 2.67. The van der Waals surface area contributed by atoms with Gasteiger partial charge in [-0.3, -0.25) is 10.1 Å². The fourth-order valence-electron chi connectivity index (χ4n) is 1.46. The lowest BCUT2D eigenvalue weighted by Crippen LogP contribution is -2.06. The van der Waals surface area contributed by atoms with Crippen LogP contribution in [0.15, 0.2) is 18.2 Å². The van der Waals surface area contributed by atoms with E-state index >= 15 is 0 Å². The molecule has 0 aliphatic heterocycles. The van der Waals surface area contributed by atoms with Crippen molar-refractivity contribution in [2.24, 2.45) is 0 Å². The van der Waals surface area contributed by atoms with E-state index in [4.69, 9.17) is 23.2 Å². The molecule has 0 radical (unpaired) electrons. The predicted molar refractivity (Wildman–Crippen MR) is 66.9 cm³/mol. The Hall–Kier alpha value is -2.00. The van der Waals surface area contributed by atoms with Crippen molar-refractivity contribution in [3.63, 3.8) is 0 Å². The van der Waals surface area contributed by atoms with Crippen LogP contribution in [0.5, 0.6) is 0 Å². The fraction of sp³-hybridized carbons (Fsp3) is 0.100. The molecule has 0 saturated heterocycles. The van der Waals surface area contributed by atoms with Gasteiger partial charge in [-0.15, -0.1) is 0 Å². The summed E-state index contributed by atoms with van der Waals surface area (Å²) in [5.41, 5.74) is -2.21. The minimum absolute atomic E-state index is 0.247. The van der Waals surface area contributed by atoms with Gasteiger partial charge in [0.1, 0.15) is 0 Å². The van der Waals surface area contributed by atoms with E-state index in [1.807, 2.05) is 0 Å². The molecule has 0 aliphatic carbocycles. The second-order valence-corrected chi connectivity index (χ2v) is 4.40. The maximum atomic E-state index is 12.8. The monoisotopic (exact) mass is 338 g/mol. The van der Waals surface area contributed by atoms with Crippen molar-refractivity contribution in [1.82, 2.24) is 15.0 Å². The minimum atomic E-state index is -4.76. The molecule has 11 heteroatoms. The Bertz CT molecular complexity index is 704. The van der Waals surface area contributed by atoms with E-state index in [0.29, 0.717) is 12.1 Å². The number of nitrogens with zero attached hydrogens (tertiary/aromatic N) is 4. The zero-order valence-electron chi connectivity index (χ0n) is 9.73. The molecule has 110 valence electrons. The summed E-state index contributed by atoms with van der Waals surface area (Å²) in [6, 6.07) is 1.96. The van der Waals surface area contributed by atoms with Crippen molar-refractivity contribution < 1.29 is 18.1 Å². The first-order valence-corrected chi connectivity index (χ1v) is 5.86. The third-order valence-corrected chi connectivity index (χ3v) is 2.63. The van der Waals surface area contributed by atoms with Crippen molar-refractivity contribution in [3.8, 4) is 11.4 Å². The maximum absolute atomic E-state index is 12.8. The number of nitro groups is 1. The van der Waals surface area contributed by atoms with E-state index in [9.17, 15) is 23.3 Å². The zero-order valence-corrected chi connectivity index (χ0v) is 11.2. The van der Waals surface area contributed by atoms with Gasteiger partial charge in [0.05, 0.1) is 10.5 Å². The Morgan fingerprint density at radius 1 is 1.05 bits per heavy atom. The van der Waals surface area contributed by atoms with E-state index < -0.39 is 22.4 Å². The van der Waals surface area contributed by atoms with E-state index in [0.717, 1.165) is 6.07 Å². The molecule has 1 aromatic carbocycles. The van der Waals surface area contributed by atoms with Gasteiger partial charge in [0.15, 0.2) is 5.82 Å². The standard InChI is InChI=1S/C10H3Cl2F3N4O2/c11-8-16-7(17-9(12)18-8)4-1-5(10(13,14)15)3-6(2-4)19(20)21/h1-3H. The normalized spacial score (nSPS) is 11.5. The SMILES string of the molecule is O=[N+]([O-])c1cc(-c2nc(Cl)nc(Cl)n2)cc(C(F)(F)F)c1. The lowest BCUT2D eigenvalue weighted by atomic mass is 10.1. The molecule has 0 fully saturated rings. The van der Waals surface area contributed by atoms with Crippen molar-refractivity contribution in [3.05, 3.63) is 44.4 Å². The third kappa shape index (κ3) is 3.56. The first-order chi connectivity index (χ1) is 9.66. The number of nitro benzene ring substituents is 1. The van der Waals surface area contributed by atoms with E-state index in [-0.39, 0.29) is 22.0 Å². The largest absolute Gasteiger partial charge is 0.416 e. The summed E-state index contributed by atoms with van der Waals surface area (Å²) in [5, 5.41) is 10.0. The first kappa shape index (κ1) is 15.4. The highest BCUT2D eigenvalue weighted by Gasteiger charge is 2.33. The van der Waals surface area contributed by atoms with Gasteiger partial charge in [-0.05, 0) is 29.3 Å². The van der Waals surface area contributed by atoms with Gasteiger partial charge in [0.2, 0.25) is 10.6 Å². The highest BCUT2D eigenvalue weighted by atomic mass is 35.5. The Kier molecular flexibility index (Phi) is 3.97. The second kappa shape index (κ2) is 5.41. The van der Waals surface area contributed by atoms with Crippen molar-refractivity contribution >= 4 is 28.9 Å². The summed E-state index contributed by atoms with van der Waals surface area (Å²) in [6.45, 7) is 0. The van der Waals surface area contributed by atoms with Gasteiger partial charge in [0.25, 0.3) is 5.69 Å². The van der Waals surface area contributed by atoms with Crippen LogP contribution in [0.25, 0.3) is 11.4 Å². The zero-order chi connectivity index (χ0) is 15.8. The molecular formula is C10H3Cl2F3N4O2. The molecule has 0 aliphatic rings. The molecule has 0 saturated carbocycles. The van der Waals surface area contributed by atoms with Gasteiger partial charge < -0.3 is 0 Å². The van der Waals surface area contributed by atoms with Crippen LogP contribution in [-0.2, 0) is 6.18 Å². The molecule has 2 aromatic rings. The Labute approximate surface area is 124 Å². The number of hydrogen-bond acceptors (Lipinski definition) is 5. The molecular weight excluding hydrogens is 336 g/mol. The molecule has 0 N–H and O–H groups in total. The molecule has 6 nitrogen and oxygen atoms in total. The van der Waals surface area contributed by atoms with Gasteiger partial charge >= 0.3 is 6.18 Å². The Morgan fingerprint density at radius 2 is 1.62 bits per heavy atom. The highest BCUT2D eigenvalue weighted by Crippen LogP contribution is 2.35. The molecule has 1 aromatic heterocycles. The summed E-state index contributed by atoms with van der Waals surface area (Å²) in [5.74, 6) is -0.297. The number of rotatable bonds is 2. The number of halogens is 5. The van der Waals surface area contributed by atoms with Crippen molar-refractivity contribution in [2.75, 3.05) is 0 Å². The molecule has 21 heavy (non-hydrogen) atoms. The molecule has 0 atom stereocenters. The third-order valence-electron chi connectivity index (χ3n) is 2.29. The van der Waals surface area contributed by atoms with Crippen LogP contribution in [0.1, 0.15) is 5.56 Å². The molecule has 0 bridgehead atoms. The van der Waals surface area contributed by atoms with Gasteiger partial charge in [-0.2, -0.15) is 28.1 Å². The van der Waals surface area contributed by atoms with Crippen LogP contribution < -0.4 is 0 Å². The minimum Gasteiger partial charge on any atom is -0.258 e. The number of aromatic nitrogens is 3. The van der Waals surface area contributed by atoms with E-state index in [2.05, 4.69) is 15.0 Å². The van der Waals surface area contributed by atoms with Crippen molar-refractivity contribution in [1.29, 1.82) is 0 Å². The van der Waals surface area contributed by atoms with E-state index in [1.54, 1.807) is 0 Å². The highest BCUT2D eigenvalue weighted by molar-refractivity contribution is 6.31. The summed E-state index contributed by atoms with van der Waals surface area (Å²) >= 11 is 11.1. The summed E-state index contributed by atoms with van der Waals surface area (Å²) < 4.78 is 38.3.